The van der Waals surface area contributed by atoms with Crippen LogP contribution in [0.3, 0.4) is 0 Å². The van der Waals surface area contributed by atoms with Crippen LogP contribution in [0.2, 0.25) is 0 Å². The zero-order valence-electron chi connectivity index (χ0n) is 10.5. The lowest BCUT2D eigenvalue weighted by atomic mass is 10.1. The molecule has 3 heteroatoms. The Morgan fingerprint density at radius 1 is 1.56 bits per heavy atom. The Balaban J connectivity index is 1.86. The molecule has 2 rings (SSSR count). The summed E-state index contributed by atoms with van der Waals surface area (Å²) in [7, 11) is 0. The minimum Gasteiger partial charge on any atom is -0.305 e. The van der Waals surface area contributed by atoms with Crippen molar-refractivity contribution >= 4 is 11.3 Å². The summed E-state index contributed by atoms with van der Waals surface area (Å²) in [6, 6.07) is 1.13. The maximum Gasteiger partial charge on any atom is 0.110 e. The van der Waals surface area contributed by atoms with Crippen LogP contribution >= 0.6 is 11.3 Å². The van der Waals surface area contributed by atoms with Gasteiger partial charge < -0.3 is 5.32 Å². The van der Waals surface area contributed by atoms with E-state index in [4.69, 9.17) is 0 Å². The summed E-state index contributed by atoms with van der Waals surface area (Å²) in [6.07, 6.45) is 5.43. The monoisotopic (exact) mass is 238 g/mol. The molecule has 0 radical (unpaired) electrons. The molecule has 90 valence electrons. The van der Waals surface area contributed by atoms with Crippen LogP contribution in [-0.4, -0.2) is 11.0 Å². The molecule has 0 aliphatic heterocycles. The van der Waals surface area contributed by atoms with Crippen molar-refractivity contribution in [1.29, 1.82) is 0 Å². The number of rotatable bonds is 4. The lowest BCUT2D eigenvalue weighted by Gasteiger charge is -2.17. The number of hydrogen-bond acceptors (Lipinski definition) is 3. The quantitative estimate of drug-likeness (QED) is 0.865. The second-order valence-corrected chi connectivity index (χ2v) is 5.89. The van der Waals surface area contributed by atoms with Crippen LogP contribution in [0.1, 0.15) is 56.3 Å². The first kappa shape index (κ1) is 12.1. The zero-order chi connectivity index (χ0) is 11.5. The first-order chi connectivity index (χ1) is 7.69. The highest BCUT2D eigenvalue weighted by atomic mass is 32.1. The Morgan fingerprint density at radius 3 is 2.94 bits per heavy atom. The van der Waals surface area contributed by atoms with Gasteiger partial charge in [-0.2, -0.15) is 0 Å². The van der Waals surface area contributed by atoms with E-state index in [0.717, 1.165) is 11.6 Å². The van der Waals surface area contributed by atoms with E-state index >= 15 is 0 Å². The summed E-state index contributed by atoms with van der Waals surface area (Å²) in [5.74, 6) is 0.947. The second kappa shape index (κ2) is 5.28. The third-order valence-corrected chi connectivity index (χ3v) is 4.76. The standard InChI is InChI=1S/C13H22N2S/c1-4-11-5-6-12(7-11)15-10(3)13-14-9(2)8-16-13/h8,10-12,15H,4-7H2,1-3H3. The molecule has 1 heterocycles. The van der Waals surface area contributed by atoms with E-state index in [9.17, 15) is 0 Å². The van der Waals surface area contributed by atoms with Crippen LogP contribution in [0.25, 0.3) is 0 Å². The van der Waals surface area contributed by atoms with Crippen molar-refractivity contribution in [2.24, 2.45) is 5.92 Å². The predicted molar refractivity (Wildman–Crippen MR) is 69.8 cm³/mol. The van der Waals surface area contributed by atoms with Gasteiger partial charge in [0.1, 0.15) is 5.01 Å². The van der Waals surface area contributed by atoms with Gasteiger partial charge in [0.15, 0.2) is 0 Å². The molecule has 1 fully saturated rings. The Labute approximate surface area is 102 Å². The number of aromatic nitrogens is 1. The highest BCUT2D eigenvalue weighted by Crippen LogP contribution is 2.29. The SMILES string of the molecule is CCC1CCC(NC(C)c2nc(C)cs2)C1. The fourth-order valence-corrected chi connectivity index (χ4v) is 3.41. The van der Waals surface area contributed by atoms with E-state index in [1.54, 1.807) is 11.3 Å². The van der Waals surface area contributed by atoms with Crippen molar-refractivity contribution in [3.05, 3.63) is 16.1 Å². The Morgan fingerprint density at radius 2 is 2.38 bits per heavy atom. The number of thiazole rings is 1. The Kier molecular flexibility index (Phi) is 3.98. The summed E-state index contributed by atoms with van der Waals surface area (Å²) >= 11 is 1.77. The van der Waals surface area contributed by atoms with Crippen molar-refractivity contribution in [2.75, 3.05) is 0 Å². The van der Waals surface area contributed by atoms with Gasteiger partial charge in [-0.05, 0) is 39.0 Å². The highest BCUT2D eigenvalue weighted by molar-refractivity contribution is 7.09. The third-order valence-electron chi connectivity index (χ3n) is 3.61. The van der Waals surface area contributed by atoms with Gasteiger partial charge in [0.05, 0.1) is 6.04 Å². The third kappa shape index (κ3) is 2.83. The largest absolute Gasteiger partial charge is 0.305 e. The van der Waals surface area contributed by atoms with E-state index in [0.29, 0.717) is 12.1 Å². The molecular weight excluding hydrogens is 216 g/mol. The molecule has 1 aliphatic carbocycles. The Hall–Kier alpha value is -0.410. The summed E-state index contributed by atoms with van der Waals surface area (Å²) in [6.45, 7) is 6.60. The molecule has 16 heavy (non-hydrogen) atoms. The summed E-state index contributed by atoms with van der Waals surface area (Å²) in [5.41, 5.74) is 1.14. The number of aryl methyl sites for hydroxylation is 1. The van der Waals surface area contributed by atoms with Crippen molar-refractivity contribution in [3.63, 3.8) is 0 Å². The smallest absolute Gasteiger partial charge is 0.110 e. The van der Waals surface area contributed by atoms with Gasteiger partial charge in [-0.1, -0.05) is 13.3 Å². The fraction of sp³-hybridized carbons (Fsp3) is 0.769. The molecule has 2 nitrogen and oxygen atoms in total. The molecule has 0 spiro atoms. The molecule has 0 bridgehead atoms. The van der Waals surface area contributed by atoms with E-state index in [-0.39, 0.29) is 0 Å². The molecular formula is C13H22N2S. The van der Waals surface area contributed by atoms with Crippen LogP contribution in [0.15, 0.2) is 5.38 Å². The molecule has 0 saturated heterocycles. The molecule has 0 amide bonds. The molecule has 1 aromatic heterocycles. The second-order valence-electron chi connectivity index (χ2n) is 5.00. The minimum atomic E-state index is 0.416. The molecule has 0 aromatic carbocycles. The molecule has 1 saturated carbocycles. The van der Waals surface area contributed by atoms with Gasteiger partial charge in [-0.15, -0.1) is 11.3 Å². The lowest BCUT2D eigenvalue weighted by Crippen LogP contribution is -2.29. The zero-order valence-corrected chi connectivity index (χ0v) is 11.3. The lowest BCUT2D eigenvalue weighted by molar-refractivity contribution is 0.436. The van der Waals surface area contributed by atoms with Gasteiger partial charge in [0.25, 0.3) is 0 Å². The van der Waals surface area contributed by atoms with Crippen molar-refractivity contribution in [2.45, 2.75) is 58.5 Å². The van der Waals surface area contributed by atoms with Crippen LogP contribution in [-0.2, 0) is 0 Å². The van der Waals surface area contributed by atoms with Gasteiger partial charge in [0.2, 0.25) is 0 Å². The van der Waals surface area contributed by atoms with Crippen LogP contribution in [0.4, 0.5) is 0 Å². The Bertz CT molecular complexity index is 334. The predicted octanol–water partition coefficient (Wildman–Crippen LogP) is 3.68. The van der Waals surface area contributed by atoms with Gasteiger partial charge >= 0.3 is 0 Å². The summed E-state index contributed by atoms with van der Waals surface area (Å²) < 4.78 is 0. The summed E-state index contributed by atoms with van der Waals surface area (Å²) in [5, 5.41) is 7.09. The van der Waals surface area contributed by atoms with Crippen LogP contribution in [0, 0.1) is 12.8 Å². The minimum absolute atomic E-state index is 0.416. The molecule has 1 N–H and O–H groups in total. The molecule has 1 aliphatic rings. The maximum atomic E-state index is 4.55. The maximum absolute atomic E-state index is 4.55. The average molecular weight is 238 g/mol. The van der Waals surface area contributed by atoms with E-state index in [1.807, 2.05) is 0 Å². The van der Waals surface area contributed by atoms with Crippen molar-refractivity contribution in [3.8, 4) is 0 Å². The van der Waals surface area contributed by atoms with E-state index in [2.05, 4.69) is 36.5 Å². The molecule has 3 unspecified atom stereocenters. The van der Waals surface area contributed by atoms with Gasteiger partial charge in [0, 0.05) is 17.1 Å². The number of nitrogens with zero attached hydrogens (tertiary/aromatic N) is 1. The van der Waals surface area contributed by atoms with E-state index < -0.39 is 0 Å². The van der Waals surface area contributed by atoms with Crippen LogP contribution < -0.4 is 5.32 Å². The highest BCUT2D eigenvalue weighted by Gasteiger charge is 2.25. The molecule has 3 atom stereocenters. The topological polar surface area (TPSA) is 24.9 Å². The summed E-state index contributed by atoms with van der Waals surface area (Å²) in [4.78, 5) is 4.55. The normalized spacial score (nSPS) is 27.2. The number of nitrogens with one attached hydrogen (secondary N) is 1. The first-order valence-electron chi connectivity index (χ1n) is 6.37. The van der Waals surface area contributed by atoms with Gasteiger partial charge in [-0.25, -0.2) is 4.98 Å². The van der Waals surface area contributed by atoms with Crippen molar-refractivity contribution < 1.29 is 0 Å². The van der Waals surface area contributed by atoms with Crippen molar-refractivity contribution in [1.82, 2.24) is 10.3 Å². The van der Waals surface area contributed by atoms with Crippen LogP contribution in [0.5, 0.6) is 0 Å². The van der Waals surface area contributed by atoms with Gasteiger partial charge in [-0.3, -0.25) is 0 Å². The number of hydrogen-bond donors (Lipinski definition) is 1. The average Bonchev–Trinajstić information content (AvgIpc) is 2.87. The van der Waals surface area contributed by atoms with E-state index in [1.165, 1.54) is 30.7 Å². The molecule has 1 aromatic rings. The fourth-order valence-electron chi connectivity index (χ4n) is 2.59. The first-order valence-corrected chi connectivity index (χ1v) is 7.25.